The van der Waals surface area contributed by atoms with Crippen molar-refractivity contribution in [2.24, 2.45) is 5.73 Å². The van der Waals surface area contributed by atoms with Gasteiger partial charge in [0.25, 0.3) is 0 Å². The molecule has 3 rings (SSSR count). The number of aromatic nitrogens is 1. The minimum absolute atomic E-state index is 0.195. The van der Waals surface area contributed by atoms with Crippen molar-refractivity contribution in [2.45, 2.75) is 6.54 Å². The van der Waals surface area contributed by atoms with E-state index in [1.807, 2.05) is 12.1 Å². The summed E-state index contributed by atoms with van der Waals surface area (Å²) in [7, 11) is 0. The van der Waals surface area contributed by atoms with Crippen LogP contribution >= 0.6 is 0 Å². The molecule has 2 N–H and O–H groups in total. The number of hydrogen-bond acceptors (Lipinski definition) is 4. The Hall–Kier alpha value is -2.47. The first-order chi connectivity index (χ1) is 11.1. The monoisotopic (exact) mass is 314 g/mol. The maximum absolute atomic E-state index is 13.2. The number of rotatable bonds is 4. The van der Waals surface area contributed by atoms with E-state index >= 15 is 0 Å². The molecular formula is C17H19FN4O. The molecule has 1 aliphatic rings. The fourth-order valence-corrected chi connectivity index (χ4v) is 2.75. The van der Waals surface area contributed by atoms with E-state index in [4.69, 9.17) is 5.73 Å². The third-order valence-corrected chi connectivity index (χ3v) is 4.02. The zero-order valence-corrected chi connectivity index (χ0v) is 12.8. The Labute approximate surface area is 134 Å². The van der Waals surface area contributed by atoms with E-state index in [1.54, 1.807) is 18.2 Å². The number of nitrogens with zero attached hydrogens (tertiary/aromatic N) is 3. The van der Waals surface area contributed by atoms with Crippen molar-refractivity contribution in [2.75, 3.05) is 31.1 Å². The average molecular weight is 314 g/mol. The van der Waals surface area contributed by atoms with Crippen LogP contribution in [0.15, 0.2) is 42.6 Å². The van der Waals surface area contributed by atoms with Crippen LogP contribution in [-0.4, -0.2) is 42.0 Å². The van der Waals surface area contributed by atoms with Gasteiger partial charge in [-0.05, 0) is 29.8 Å². The second-order valence-corrected chi connectivity index (χ2v) is 5.66. The summed E-state index contributed by atoms with van der Waals surface area (Å²) in [6.45, 7) is 4.21. The number of halogens is 1. The number of amides is 1. The van der Waals surface area contributed by atoms with Crippen LogP contribution in [0, 0.1) is 5.82 Å². The van der Waals surface area contributed by atoms with Gasteiger partial charge < -0.3 is 10.6 Å². The van der Waals surface area contributed by atoms with E-state index in [1.165, 1.54) is 12.3 Å². The lowest BCUT2D eigenvalue weighted by Crippen LogP contribution is -2.46. The number of nitrogens with two attached hydrogens (primary N) is 1. The number of hydrogen-bond donors (Lipinski definition) is 1. The topological polar surface area (TPSA) is 62.5 Å². The largest absolute Gasteiger partial charge is 0.366 e. The lowest BCUT2D eigenvalue weighted by Gasteiger charge is -2.35. The van der Waals surface area contributed by atoms with Gasteiger partial charge in [0.05, 0.1) is 5.56 Å². The first-order valence-electron chi connectivity index (χ1n) is 7.59. The summed E-state index contributed by atoms with van der Waals surface area (Å²) in [6.07, 6.45) is 1.51. The van der Waals surface area contributed by atoms with Crippen molar-refractivity contribution in [3.8, 4) is 0 Å². The molecule has 0 saturated carbocycles. The van der Waals surface area contributed by atoms with Crippen molar-refractivity contribution < 1.29 is 9.18 Å². The zero-order valence-electron chi connectivity index (χ0n) is 12.8. The summed E-state index contributed by atoms with van der Waals surface area (Å²) in [5.74, 6) is 0.184. The van der Waals surface area contributed by atoms with E-state index in [0.29, 0.717) is 5.56 Å². The van der Waals surface area contributed by atoms with Gasteiger partial charge in [0.15, 0.2) is 0 Å². The van der Waals surface area contributed by atoms with Crippen LogP contribution in [-0.2, 0) is 6.54 Å². The smallest absolute Gasteiger partial charge is 0.250 e. The molecular weight excluding hydrogens is 295 g/mol. The number of primary amides is 1. The molecule has 0 radical (unpaired) electrons. The highest BCUT2D eigenvalue weighted by Gasteiger charge is 2.18. The summed E-state index contributed by atoms with van der Waals surface area (Å²) in [5.41, 5.74) is 6.62. The van der Waals surface area contributed by atoms with Crippen molar-refractivity contribution in [1.82, 2.24) is 9.88 Å². The predicted octanol–water partition coefficient (Wildman–Crippen LogP) is 1.64. The van der Waals surface area contributed by atoms with Crippen molar-refractivity contribution in [3.05, 3.63) is 59.5 Å². The average Bonchev–Trinajstić information content (AvgIpc) is 2.56. The van der Waals surface area contributed by atoms with Crippen LogP contribution in [0.5, 0.6) is 0 Å². The Morgan fingerprint density at radius 1 is 1.17 bits per heavy atom. The molecule has 0 atom stereocenters. The lowest BCUT2D eigenvalue weighted by molar-refractivity contribution is 0.1000. The van der Waals surface area contributed by atoms with Crippen LogP contribution in [0.3, 0.4) is 0 Å². The van der Waals surface area contributed by atoms with Gasteiger partial charge in [0.2, 0.25) is 5.91 Å². The molecule has 1 aliphatic heterocycles. The Morgan fingerprint density at radius 3 is 2.57 bits per heavy atom. The Kier molecular flexibility index (Phi) is 4.52. The highest BCUT2D eigenvalue weighted by atomic mass is 19.1. The van der Waals surface area contributed by atoms with Crippen LogP contribution in [0.2, 0.25) is 0 Å². The minimum Gasteiger partial charge on any atom is -0.366 e. The molecule has 0 bridgehead atoms. The van der Waals surface area contributed by atoms with Crippen LogP contribution in [0.4, 0.5) is 10.2 Å². The predicted molar refractivity (Wildman–Crippen MR) is 86.6 cm³/mol. The van der Waals surface area contributed by atoms with E-state index in [9.17, 15) is 9.18 Å². The Balaban J connectivity index is 1.56. The highest BCUT2D eigenvalue weighted by molar-refractivity contribution is 5.92. The number of pyridine rings is 1. The zero-order chi connectivity index (χ0) is 16.2. The molecule has 120 valence electrons. The van der Waals surface area contributed by atoms with Gasteiger partial charge in [-0.2, -0.15) is 0 Å². The van der Waals surface area contributed by atoms with Gasteiger partial charge in [-0.25, -0.2) is 9.37 Å². The standard InChI is InChI=1S/C17H19FN4O/c18-15-3-1-2-13(10-15)12-21-6-8-22(9-7-21)16-5-4-14(11-20-16)17(19)23/h1-5,10-11H,6-9,12H2,(H2,19,23). The number of carbonyl (C=O) groups excluding carboxylic acids is 1. The number of carbonyl (C=O) groups is 1. The van der Waals surface area contributed by atoms with Crippen molar-refractivity contribution >= 4 is 11.7 Å². The molecule has 2 heterocycles. The molecule has 1 fully saturated rings. The van der Waals surface area contributed by atoms with Gasteiger partial charge in [0.1, 0.15) is 11.6 Å². The molecule has 23 heavy (non-hydrogen) atoms. The Bertz CT molecular complexity index is 681. The molecule has 5 nitrogen and oxygen atoms in total. The van der Waals surface area contributed by atoms with Crippen LogP contribution < -0.4 is 10.6 Å². The summed E-state index contributed by atoms with van der Waals surface area (Å²) >= 11 is 0. The van der Waals surface area contributed by atoms with Gasteiger partial charge in [0, 0.05) is 38.9 Å². The van der Waals surface area contributed by atoms with E-state index in [0.717, 1.165) is 44.1 Å². The van der Waals surface area contributed by atoms with Crippen LogP contribution in [0.25, 0.3) is 0 Å². The maximum atomic E-state index is 13.2. The molecule has 0 unspecified atom stereocenters. The fourth-order valence-electron chi connectivity index (χ4n) is 2.75. The number of benzene rings is 1. The first-order valence-corrected chi connectivity index (χ1v) is 7.59. The second-order valence-electron chi connectivity index (χ2n) is 5.66. The normalized spacial score (nSPS) is 15.6. The first kappa shape index (κ1) is 15.4. The van der Waals surface area contributed by atoms with Crippen LogP contribution in [0.1, 0.15) is 15.9 Å². The maximum Gasteiger partial charge on any atom is 0.250 e. The summed E-state index contributed by atoms with van der Waals surface area (Å²) < 4.78 is 13.2. The van der Waals surface area contributed by atoms with E-state index < -0.39 is 5.91 Å². The lowest BCUT2D eigenvalue weighted by atomic mass is 10.2. The van der Waals surface area contributed by atoms with Crippen molar-refractivity contribution in [1.29, 1.82) is 0 Å². The SMILES string of the molecule is NC(=O)c1ccc(N2CCN(Cc3cccc(F)c3)CC2)nc1. The molecule has 2 aromatic rings. The minimum atomic E-state index is -0.469. The van der Waals surface area contributed by atoms with Gasteiger partial charge in [-0.15, -0.1) is 0 Å². The van der Waals surface area contributed by atoms with Gasteiger partial charge >= 0.3 is 0 Å². The molecule has 1 amide bonds. The summed E-state index contributed by atoms with van der Waals surface area (Å²) in [4.78, 5) is 19.8. The second kappa shape index (κ2) is 6.75. The quantitative estimate of drug-likeness (QED) is 0.932. The van der Waals surface area contributed by atoms with E-state index in [2.05, 4.69) is 14.8 Å². The number of anilines is 1. The molecule has 0 aliphatic carbocycles. The third kappa shape index (κ3) is 3.84. The molecule has 1 aromatic heterocycles. The van der Waals surface area contributed by atoms with Gasteiger partial charge in [-0.1, -0.05) is 12.1 Å². The van der Waals surface area contributed by atoms with Crippen molar-refractivity contribution in [3.63, 3.8) is 0 Å². The highest BCUT2D eigenvalue weighted by Crippen LogP contribution is 2.15. The molecule has 6 heteroatoms. The fraction of sp³-hybridized carbons (Fsp3) is 0.294. The summed E-state index contributed by atoms with van der Waals surface area (Å²) in [6, 6.07) is 10.2. The Morgan fingerprint density at radius 2 is 1.96 bits per heavy atom. The molecule has 1 aromatic carbocycles. The van der Waals surface area contributed by atoms with Gasteiger partial charge in [-0.3, -0.25) is 9.69 Å². The third-order valence-electron chi connectivity index (χ3n) is 4.02. The molecule has 1 saturated heterocycles. The molecule has 0 spiro atoms. The van der Waals surface area contributed by atoms with E-state index in [-0.39, 0.29) is 5.82 Å². The number of piperazine rings is 1. The summed E-state index contributed by atoms with van der Waals surface area (Å²) in [5, 5.41) is 0.